The van der Waals surface area contributed by atoms with Crippen LogP contribution in [0.4, 0.5) is 5.69 Å². The summed E-state index contributed by atoms with van der Waals surface area (Å²) in [5.74, 6) is -1.04. The van der Waals surface area contributed by atoms with Gasteiger partial charge in [0.25, 0.3) is 5.91 Å². The maximum absolute atomic E-state index is 13.1. The molecule has 0 saturated carbocycles. The highest BCUT2D eigenvalue weighted by Gasteiger charge is 2.18. The van der Waals surface area contributed by atoms with Crippen LogP contribution in [0.1, 0.15) is 34.6 Å². The Balaban J connectivity index is 1.75. The third-order valence-electron chi connectivity index (χ3n) is 4.88. The highest BCUT2D eigenvalue weighted by Crippen LogP contribution is 2.23. The molecule has 0 spiro atoms. The standard InChI is InChI=1S/C23H21N5O3/c1-14(24)15-7-4-8-17(12-15)22-26-21(19-10-5-11-28(19)27-22)23(31)25-18-9-3-2-6-16(18)13-20(29)30/h2-12,14H,13,24H2,1H3,(H,25,31)(H,29,30). The summed E-state index contributed by atoms with van der Waals surface area (Å²) >= 11 is 0. The lowest BCUT2D eigenvalue weighted by Crippen LogP contribution is -2.18. The van der Waals surface area contributed by atoms with Crippen LogP contribution >= 0.6 is 0 Å². The first-order valence-corrected chi connectivity index (χ1v) is 9.75. The highest BCUT2D eigenvalue weighted by atomic mass is 16.4. The van der Waals surface area contributed by atoms with Gasteiger partial charge in [-0.15, -0.1) is 5.10 Å². The number of hydrogen-bond donors (Lipinski definition) is 3. The normalized spacial score (nSPS) is 11.9. The summed E-state index contributed by atoms with van der Waals surface area (Å²) in [5.41, 5.74) is 9.34. The van der Waals surface area contributed by atoms with Gasteiger partial charge in [-0.25, -0.2) is 9.50 Å². The fraction of sp³-hybridized carbons (Fsp3) is 0.130. The molecule has 31 heavy (non-hydrogen) atoms. The molecule has 1 amide bonds. The lowest BCUT2D eigenvalue weighted by Gasteiger charge is -2.12. The Morgan fingerprint density at radius 2 is 1.94 bits per heavy atom. The topological polar surface area (TPSA) is 123 Å². The number of benzene rings is 2. The second kappa shape index (κ2) is 8.37. The minimum absolute atomic E-state index is 0.149. The SMILES string of the molecule is CC(N)c1cccc(-c2nc(C(=O)Nc3ccccc3CC(=O)O)c3cccn3n2)c1. The lowest BCUT2D eigenvalue weighted by atomic mass is 10.1. The zero-order chi connectivity index (χ0) is 22.0. The van der Waals surface area contributed by atoms with Crippen molar-refractivity contribution < 1.29 is 14.7 Å². The molecule has 1 atom stereocenters. The van der Waals surface area contributed by atoms with Crippen molar-refractivity contribution in [1.82, 2.24) is 14.6 Å². The molecule has 8 heteroatoms. The zero-order valence-corrected chi connectivity index (χ0v) is 16.8. The number of para-hydroxylation sites is 1. The summed E-state index contributed by atoms with van der Waals surface area (Å²) in [7, 11) is 0. The first-order valence-electron chi connectivity index (χ1n) is 9.75. The van der Waals surface area contributed by atoms with Crippen LogP contribution in [0, 0.1) is 0 Å². The molecule has 4 rings (SSSR count). The molecule has 0 bridgehead atoms. The van der Waals surface area contributed by atoms with Gasteiger partial charge >= 0.3 is 5.97 Å². The predicted molar refractivity (Wildman–Crippen MR) is 117 cm³/mol. The van der Waals surface area contributed by atoms with Gasteiger partial charge in [-0.3, -0.25) is 9.59 Å². The molecule has 0 fully saturated rings. The fourth-order valence-corrected chi connectivity index (χ4v) is 3.33. The molecule has 0 radical (unpaired) electrons. The Bertz CT molecular complexity index is 1280. The summed E-state index contributed by atoms with van der Waals surface area (Å²) in [6, 6.07) is 17.7. The van der Waals surface area contributed by atoms with Crippen molar-refractivity contribution >= 4 is 23.1 Å². The molecular weight excluding hydrogens is 394 g/mol. The van der Waals surface area contributed by atoms with E-state index in [1.165, 1.54) is 0 Å². The Kier molecular flexibility index (Phi) is 5.46. The molecule has 2 aromatic heterocycles. The summed E-state index contributed by atoms with van der Waals surface area (Å²) in [6.07, 6.45) is 1.54. The Morgan fingerprint density at radius 1 is 1.13 bits per heavy atom. The van der Waals surface area contributed by atoms with E-state index in [1.807, 2.05) is 31.2 Å². The van der Waals surface area contributed by atoms with Crippen molar-refractivity contribution in [2.24, 2.45) is 5.73 Å². The molecule has 0 saturated heterocycles. The summed E-state index contributed by atoms with van der Waals surface area (Å²) in [4.78, 5) is 28.8. The quantitative estimate of drug-likeness (QED) is 0.444. The predicted octanol–water partition coefficient (Wildman–Crippen LogP) is 3.30. The monoisotopic (exact) mass is 415 g/mol. The van der Waals surface area contributed by atoms with Crippen LogP contribution in [0.2, 0.25) is 0 Å². The highest BCUT2D eigenvalue weighted by molar-refractivity contribution is 6.08. The van der Waals surface area contributed by atoms with Gasteiger partial charge in [0, 0.05) is 23.5 Å². The van der Waals surface area contributed by atoms with Crippen LogP contribution < -0.4 is 11.1 Å². The molecule has 4 aromatic rings. The maximum atomic E-state index is 13.1. The van der Waals surface area contributed by atoms with Gasteiger partial charge in [-0.05, 0) is 42.3 Å². The van der Waals surface area contributed by atoms with Gasteiger partial charge in [0.15, 0.2) is 11.5 Å². The fourth-order valence-electron chi connectivity index (χ4n) is 3.33. The number of carboxylic acids is 1. The molecule has 156 valence electrons. The van der Waals surface area contributed by atoms with E-state index in [2.05, 4.69) is 15.4 Å². The number of carbonyl (C=O) groups excluding carboxylic acids is 1. The van der Waals surface area contributed by atoms with Crippen molar-refractivity contribution in [3.63, 3.8) is 0 Å². The van der Waals surface area contributed by atoms with E-state index in [1.54, 1.807) is 47.1 Å². The van der Waals surface area contributed by atoms with Gasteiger partial charge in [0.05, 0.1) is 11.9 Å². The van der Waals surface area contributed by atoms with Crippen LogP contribution in [-0.2, 0) is 11.2 Å². The number of nitrogens with one attached hydrogen (secondary N) is 1. The number of nitrogens with zero attached hydrogens (tertiary/aromatic N) is 3. The number of amides is 1. The molecular formula is C23H21N5O3. The van der Waals surface area contributed by atoms with Crippen molar-refractivity contribution in [3.05, 3.63) is 83.7 Å². The van der Waals surface area contributed by atoms with E-state index in [0.29, 0.717) is 22.6 Å². The molecule has 2 aromatic carbocycles. The Morgan fingerprint density at radius 3 is 2.71 bits per heavy atom. The number of aliphatic carboxylic acids is 1. The third kappa shape index (κ3) is 4.29. The first-order chi connectivity index (χ1) is 14.9. The van der Waals surface area contributed by atoms with E-state index >= 15 is 0 Å². The smallest absolute Gasteiger partial charge is 0.307 e. The first kappa shape index (κ1) is 20.2. The van der Waals surface area contributed by atoms with Crippen LogP contribution in [0.25, 0.3) is 16.9 Å². The van der Waals surface area contributed by atoms with Crippen molar-refractivity contribution in [1.29, 1.82) is 0 Å². The minimum Gasteiger partial charge on any atom is -0.481 e. The van der Waals surface area contributed by atoms with Crippen LogP contribution in [-0.4, -0.2) is 31.6 Å². The number of aromatic nitrogens is 3. The summed E-state index contributed by atoms with van der Waals surface area (Å²) in [5, 5.41) is 16.5. The molecule has 0 aliphatic heterocycles. The third-order valence-corrected chi connectivity index (χ3v) is 4.88. The van der Waals surface area contributed by atoms with Crippen LogP contribution in [0.5, 0.6) is 0 Å². The minimum atomic E-state index is -0.978. The van der Waals surface area contributed by atoms with Gasteiger partial charge in [0.1, 0.15) is 0 Å². The summed E-state index contributed by atoms with van der Waals surface area (Å²) in [6.45, 7) is 1.89. The molecule has 8 nitrogen and oxygen atoms in total. The second-order valence-electron chi connectivity index (χ2n) is 7.22. The van der Waals surface area contributed by atoms with Gasteiger partial charge in [0.2, 0.25) is 0 Å². The van der Waals surface area contributed by atoms with Crippen LogP contribution in [0.15, 0.2) is 66.9 Å². The molecule has 2 heterocycles. The van der Waals surface area contributed by atoms with E-state index < -0.39 is 11.9 Å². The second-order valence-corrected chi connectivity index (χ2v) is 7.22. The maximum Gasteiger partial charge on any atom is 0.307 e. The molecule has 1 unspecified atom stereocenters. The van der Waals surface area contributed by atoms with E-state index in [9.17, 15) is 9.59 Å². The lowest BCUT2D eigenvalue weighted by molar-refractivity contribution is -0.136. The Labute approximate surface area is 178 Å². The van der Waals surface area contributed by atoms with Gasteiger partial charge in [-0.1, -0.05) is 36.4 Å². The van der Waals surface area contributed by atoms with E-state index in [-0.39, 0.29) is 18.2 Å². The van der Waals surface area contributed by atoms with Crippen molar-refractivity contribution in [2.75, 3.05) is 5.32 Å². The molecule has 0 aliphatic rings. The van der Waals surface area contributed by atoms with Crippen molar-refractivity contribution in [2.45, 2.75) is 19.4 Å². The van der Waals surface area contributed by atoms with Gasteiger partial charge < -0.3 is 16.2 Å². The zero-order valence-electron chi connectivity index (χ0n) is 16.8. The number of nitrogens with two attached hydrogens (primary N) is 1. The van der Waals surface area contributed by atoms with Gasteiger partial charge in [-0.2, -0.15) is 0 Å². The number of carboxylic acid groups (broad SMARTS) is 1. The Hall–Kier alpha value is -4.04. The number of anilines is 1. The average Bonchev–Trinajstić information content (AvgIpc) is 3.23. The van der Waals surface area contributed by atoms with E-state index in [0.717, 1.165) is 11.1 Å². The van der Waals surface area contributed by atoms with Crippen molar-refractivity contribution in [3.8, 4) is 11.4 Å². The molecule has 0 aliphatic carbocycles. The van der Waals surface area contributed by atoms with E-state index in [4.69, 9.17) is 10.8 Å². The molecule has 4 N–H and O–H groups in total. The number of hydrogen-bond acceptors (Lipinski definition) is 5. The summed E-state index contributed by atoms with van der Waals surface area (Å²) < 4.78 is 1.60. The van der Waals surface area contributed by atoms with Crippen LogP contribution in [0.3, 0.4) is 0 Å². The average molecular weight is 415 g/mol. The largest absolute Gasteiger partial charge is 0.481 e. The number of fused-ring (bicyclic) bond motifs is 1. The number of rotatable bonds is 6. The number of carbonyl (C=O) groups is 2.